The third kappa shape index (κ3) is 0.923. The van der Waals surface area contributed by atoms with E-state index in [0.717, 1.165) is 23.4 Å². The molecule has 0 bridgehead atoms. The van der Waals surface area contributed by atoms with E-state index < -0.39 is 0 Å². The second-order valence-corrected chi connectivity index (χ2v) is 3.40. The van der Waals surface area contributed by atoms with Gasteiger partial charge in [0.25, 0.3) is 5.56 Å². The number of aromatic nitrogens is 2. The van der Waals surface area contributed by atoms with E-state index in [1.807, 2.05) is 18.2 Å². The molecule has 14 heavy (non-hydrogen) atoms. The highest BCUT2D eigenvalue weighted by Crippen LogP contribution is 2.32. The first-order chi connectivity index (χ1) is 6.84. The summed E-state index contributed by atoms with van der Waals surface area (Å²) < 4.78 is 0. The minimum Gasteiger partial charge on any atom is -0.319 e. The highest BCUT2D eigenvalue weighted by Gasteiger charge is 2.19. The minimum absolute atomic E-state index is 0.138. The first-order valence-corrected chi connectivity index (χ1v) is 4.51. The van der Waals surface area contributed by atoms with E-state index in [9.17, 15) is 4.79 Å². The molecule has 1 N–H and O–H groups in total. The molecule has 0 fully saturated rings. The average molecular weight is 184 g/mol. The largest absolute Gasteiger partial charge is 0.319 e. The number of nitrogens with one attached hydrogen (secondary N) is 1. The zero-order valence-electron chi connectivity index (χ0n) is 7.45. The minimum atomic E-state index is -0.138. The Morgan fingerprint density at radius 3 is 3.07 bits per heavy atom. The Kier molecular flexibility index (Phi) is 1.36. The first-order valence-electron chi connectivity index (χ1n) is 4.51. The summed E-state index contributed by atoms with van der Waals surface area (Å²) in [6.45, 7) is 0. The molecule has 3 nitrogen and oxygen atoms in total. The van der Waals surface area contributed by atoms with Crippen molar-refractivity contribution in [1.29, 1.82) is 0 Å². The van der Waals surface area contributed by atoms with Crippen LogP contribution in [0.5, 0.6) is 0 Å². The van der Waals surface area contributed by atoms with E-state index in [4.69, 9.17) is 0 Å². The number of nitrogens with zero attached hydrogens (tertiary/aromatic N) is 1. The quantitative estimate of drug-likeness (QED) is 0.573. The number of H-pyrrole nitrogens is 1. The Bertz CT molecular complexity index is 557. The normalized spacial score (nSPS) is 12.3. The van der Waals surface area contributed by atoms with Crippen LogP contribution in [0.15, 0.2) is 35.3 Å². The lowest BCUT2D eigenvalue weighted by Crippen LogP contribution is -2.07. The SMILES string of the molecule is O=c1cnc2c([nH]1)-c1ccccc1C2. The maximum atomic E-state index is 11.1. The Morgan fingerprint density at radius 1 is 1.29 bits per heavy atom. The fraction of sp³-hybridized carbons (Fsp3) is 0.0909. The number of fused-ring (bicyclic) bond motifs is 3. The van der Waals surface area contributed by atoms with Crippen LogP contribution in [-0.4, -0.2) is 9.97 Å². The first kappa shape index (κ1) is 7.50. The molecule has 0 radical (unpaired) electrons. The fourth-order valence-corrected chi connectivity index (χ4v) is 1.88. The lowest BCUT2D eigenvalue weighted by Gasteiger charge is -1.97. The number of aromatic amines is 1. The highest BCUT2D eigenvalue weighted by molar-refractivity contribution is 5.71. The van der Waals surface area contributed by atoms with Gasteiger partial charge in [-0.05, 0) is 5.56 Å². The topological polar surface area (TPSA) is 45.8 Å². The van der Waals surface area contributed by atoms with Crippen molar-refractivity contribution in [2.45, 2.75) is 6.42 Å². The number of rotatable bonds is 0. The third-order valence-electron chi connectivity index (χ3n) is 2.52. The van der Waals surface area contributed by atoms with Gasteiger partial charge < -0.3 is 4.98 Å². The van der Waals surface area contributed by atoms with Gasteiger partial charge in [0.1, 0.15) is 0 Å². The van der Waals surface area contributed by atoms with Crippen molar-refractivity contribution in [3.8, 4) is 11.3 Å². The molecule has 0 spiro atoms. The summed E-state index contributed by atoms with van der Waals surface area (Å²) in [7, 11) is 0. The summed E-state index contributed by atoms with van der Waals surface area (Å²) >= 11 is 0. The summed E-state index contributed by atoms with van der Waals surface area (Å²) in [5.41, 5.74) is 4.05. The smallest absolute Gasteiger partial charge is 0.266 e. The Balaban J connectivity index is 2.35. The molecule has 2 aromatic rings. The fourth-order valence-electron chi connectivity index (χ4n) is 1.88. The van der Waals surface area contributed by atoms with Gasteiger partial charge in [-0.1, -0.05) is 24.3 Å². The van der Waals surface area contributed by atoms with Crippen molar-refractivity contribution < 1.29 is 0 Å². The van der Waals surface area contributed by atoms with E-state index in [-0.39, 0.29) is 5.56 Å². The Morgan fingerprint density at radius 2 is 2.14 bits per heavy atom. The molecule has 0 amide bonds. The third-order valence-corrected chi connectivity index (χ3v) is 2.52. The second-order valence-electron chi connectivity index (χ2n) is 3.40. The molecular formula is C11H8N2O. The van der Waals surface area contributed by atoms with E-state index in [0.29, 0.717) is 0 Å². The van der Waals surface area contributed by atoms with Crippen LogP contribution in [0.1, 0.15) is 11.3 Å². The average Bonchev–Trinajstić information content (AvgIpc) is 2.56. The molecule has 0 atom stereocenters. The number of hydrogen-bond donors (Lipinski definition) is 1. The lowest BCUT2D eigenvalue weighted by molar-refractivity contribution is 1.06. The molecular weight excluding hydrogens is 176 g/mol. The zero-order valence-corrected chi connectivity index (χ0v) is 7.45. The van der Waals surface area contributed by atoms with Crippen molar-refractivity contribution >= 4 is 0 Å². The summed E-state index contributed by atoms with van der Waals surface area (Å²) in [6, 6.07) is 8.05. The van der Waals surface area contributed by atoms with E-state index >= 15 is 0 Å². The molecule has 0 saturated heterocycles. The molecule has 0 aliphatic heterocycles. The van der Waals surface area contributed by atoms with Crippen molar-refractivity contribution in [1.82, 2.24) is 9.97 Å². The van der Waals surface area contributed by atoms with Crippen LogP contribution >= 0.6 is 0 Å². The molecule has 0 saturated carbocycles. The molecule has 3 rings (SSSR count). The van der Waals surface area contributed by atoms with Gasteiger partial charge in [0.05, 0.1) is 17.6 Å². The standard InChI is InChI=1S/C11H8N2O/c14-10-6-12-9-5-7-3-1-2-4-8(7)11(9)13-10/h1-4,6H,5H2,(H,13,14). The molecule has 1 aliphatic carbocycles. The van der Waals surface area contributed by atoms with Gasteiger partial charge in [-0.25, -0.2) is 0 Å². The summed E-state index contributed by atoms with van der Waals surface area (Å²) in [5, 5.41) is 0. The molecule has 1 aromatic carbocycles. The van der Waals surface area contributed by atoms with Gasteiger partial charge in [0.15, 0.2) is 0 Å². The molecule has 0 unspecified atom stereocenters. The van der Waals surface area contributed by atoms with Crippen LogP contribution in [0, 0.1) is 0 Å². The van der Waals surface area contributed by atoms with Crippen LogP contribution in [0.3, 0.4) is 0 Å². The van der Waals surface area contributed by atoms with Crippen LogP contribution in [0.4, 0.5) is 0 Å². The zero-order chi connectivity index (χ0) is 9.54. The van der Waals surface area contributed by atoms with Crippen LogP contribution in [0.2, 0.25) is 0 Å². The number of hydrogen-bond acceptors (Lipinski definition) is 2. The van der Waals surface area contributed by atoms with Crippen LogP contribution in [-0.2, 0) is 6.42 Å². The summed E-state index contributed by atoms with van der Waals surface area (Å²) in [4.78, 5) is 18.1. The molecule has 68 valence electrons. The van der Waals surface area contributed by atoms with Crippen molar-refractivity contribution in [3.63, 3.8) is 0 Å². The summed E-state index contributed by atoms with van der Waals surface area (Å²) in [5.74, 6) is 0. The lowest BCUT2D eigenvalue weighted by atomic mass is 10.1. The van der Waals surface area contributed by atoms with Crippen molar-refractivity contribution in [2.75, 3.05) is 0 Å². The molecule has 1 aromatic heterocycles. The van der Waals surface area contributed by atoms with Gasteiger partial charge in [0.2, 0.25) is 0 Å². The summed E-state index contributed by atoms with van der Waals surface area (Å²) in [6.07, 6.45) is 2.16. The van der Waals surface area contributed by atoms with Crippen LogP contribution < -0.4 is 5.56 Å². The van der Waals surface area contributed by atoms with E-state index in [2.05, 4.69) is 16.0 Å². The molecule has 3 heteroatoms. The predicted octanol–water partition coefficient (Wildman–Crippen LogP) is 1.34. The maximum Gasteiger partial charge on any atom is 0.266 e. The van der Waals surface area contributed by atoms with Gasteiger partial charge in [0, 0.05) is 12.0 Å². The Hall–Kier alpha value is -1.90. The van der Waals surface area contributed by atoms with E-state index in [1.54, 1.807) is 0 Å². The number of benzene rings is 1. The van der Waals surface area contributed by atoms with E-state index in [1.165, 1.54) is 11.8 Å². The van der Waals surface area contributed by atoms with Gasteiger partial charge in [-0.15, -0.1) is 0 Å². The van der Waals surface area contributed by atoms with Crippen molar-refractivity contribution in [3.05, 3.63) is 52.1 Å². The van der Waals surface area contributed by atoms with Crippen LogP contribution in [0.25, 0.3) is 11.3 Å². The maximum absolute atomic E-state index is 11.1. The molecule has 1 heterocycles. The van der Waals surface area contributed by atoms with Gasteiger partial charge >= 0.3 is 0 Å². The second kappa shape index (κ2) is 2.54. The van der Waals surface area contributed by atoms with Crippen molar-refractivity contribution in [2.24, 2.45) is 0 Å². The predicted molar refractivity (Wildman–Crippen MR) is 53.1 cm³/mol. The molecule has 1 aliphatic rings. The highest BCUT2D eigenvalue weighted by atomic mass is 16.1. The van der Waals surface area contributed by atoms with Gasteiger partial charge in [-0.3, -0.25) is 9.78 Å². The van der Waals surface area contributed by atoms with Gasteiger partial charge in [-0.2, -0.15) is 0 Å². The monoisotopic (exact) mass is 184 g/mol. The Labute approximate surface area is 80.4 Å².